The Hall–Kier alpha value is -8.92. The van der Waals surface area contributed by atoms with Gasteiger partial charge < -0.3 is 4.42 Å². The van der Waals surface area contributed by atoms with Crippen LogP contribution < -0.4 is 0 Å². The Morgan fingerprint density at radius 2 is 0.824 bits per heavy atom. The highest BCUT2D eigenvalue weighted by atomic mass is 16.3. The second kappa shape index (κ2) is 16.2. The summed E-state index contributed by atoms with van der Waals surface area (Å²) >= 11 is 0. The van der Waals surface area contributed by atoms with Gasteiger partial charge in [0.1, 0.15) is 11.2 Å². The number of aromatic nitrogens is 2. The van der Waals surface area contributed by atoms with E-state index in [1.807, 2.05) is 36.4 Å². The molecule has 0 N–H and O–H groups in total. The van der Waals surface area contributed by atoms with Crippen LogP contribution in [-0.2, 0) is 5.41 Å². The van der Waals surface area contributed by atoms with E-state index in [1.54, 1.807) is 0 Å². The van der Waals surface area contributed by atoms with E-state index in [9.17, 15) is 0 Å². The van der Waals surface area contributed by atoms with E-state index in [2.05, 4.69) is 218 Å². The first-order valence-electron chi connectivity index (χ1n) is 23.2. The Morgan fingerprint density at radius 3 is 1.56 bits per heavy atom. The summed E-state index contributed by atoms with van der Waals surface area (Å²) in [6.45, 7) is 0. The van der Waals surface area contributed by atoms with Crippen LogP contribution in [0.25, 0.3) is 100 Å². The van der Waals surface area contributed by atoms with Crippen LogP contribution in [0.5, 0.6) is 0 Å². The third kappa shape index (κ3) is 6.43. The maximum absolute atomic E-state index is 6.32. The Bertz CT molecular complexity index is 3740. The van der Waals surface area contributed by atoms with Crippen LogP contribution in [0.3, 0.4) is 0 Å². The van der Waals surface area contributed by atoms with Gasteiger partial charge in [0.2, 0.25) is 0 Å². The second-order valence-electron chi connectivity index (χ2n) is 17.6. The van der Waals surface area contributed by atoms with Gasteiger partial charge in [-0.15, -0.1) is 0 Å². The fourth-order valence-electron chi connectivity index (χ4n) is 10.8. The van der Waals surface area contributed by atoms with Crippen LogP contribution in [0.2, 0.25) is 0 Å². The standard InChI is InChI=1S/C65H42N2O/c1-5-20-43(21-6-1)59-42-60(67-64(66-59)44-22-7-2-8-23-44)48-39-46(45-36-37-62-56(41-45)53-30-16-18-35-61(53)68-62)38-47(40-48)51-28-13-14-29-52(51)54-32-19-34-58-63(54)55-31-15-17-33-57(55)65(58,49-24-9-3-10-25-49)50-26-11-4-12-27-50/h1-42H. The number of para-hydroxylation sites is 1. The number of hydrogen-bond donors (Lipinski definition) is 0. The highest BCUT2D eigenvalue weighted by molar-refractivity contribution is 6.07. The van der Waals surface area contributed by atoms with Gasteiger partial charge in [-0.1, -0.05) is 212 Å². The molecule has 0 aliphatic heterocycles. The molecule has 0 fully saturated rings. The molecule has 68 heavy (non-hydrogen) atoms. The lowest BCUT2D eigenvalue weighted by Crippen LogP contribution is -2.28. The number of fused-ring (bicyclic) bond motifs is 6. The topological polar surface area (TPSA) is 38.9 Å². The first kappa shape index (κ1) is 39.4. The molecule has 1 aliphatic carbocycles. The van der Waals surface area contributed by atoms with Crippen LogP contribution in [0.15, 0.2) is 259 Å². The van der Waals surface area contributed by atoms with E-state index in [-0.39, 0.29) is 0 Å². The highest BCUT2D eigenvalue weighted by Crippen LogP contribution is 2.58. The molecule has 13 rings (SSSR count). The summed E-state index contributed by atoms with van der Waals surface area (Å²) in [6, 6.07) is 91.5. The van der Waals surface area contributed by atoms with E-state index in [1.165, 1.54) is 38.9 Å². The van der Waals surface area contributed by atoms with Crippen LogP contribution in [0.4, 0.5) is 0 Å². The summed E-state index contributed by atoms with van der Waals surface area (Å²) in [6.07, 6.45) is 0. The highest BCUT2D eigenvalue weighted by Gasteiger charge is 2.46. The average molecular weight is 867 g/mol. The minimum Gasteiger partial charge on any atom is -0.456 e. The number of rotatable bonds is 8. The Morgan fingerprint density at radius 1 is 0.294 bits per heavy atom. The Kier molecular flexibility index (Phi) is 9.40. The van der Waals surface area contributed by atoms with E-state index >= 15 is 0 Å². The first-order valence-corrected chi connectivity index (χ1v) is 23.2. The van der Waals surface area contributed by atoms with Crippen molar-refractivity contribution in [1.82, 2.24) is 9.97 Å². The molecule has 12 aromatic rings. The first-order chi connectivity index (χ1) is 33.7. The van der Waals surface area contributed by atoms with Crippen LogP contribution in [0.1, 0.15) is 22.3 Å². The van der Waals surface area contributed by atoms with Crippen molar-refractivity contribution in [2.75, 3.05) is 0 Å². The molecule has 2 aromatic heterocycles. The largest absolute Gasteiger partial charge is 0.456 e. The molecule has 3 heteroatoms. The number of furan rings is 1. The molecule has 2 heterocycles. The fourth-order valence-corrected chi connectivity index (χ4v) is 10.8. The van der Waals surface area contributed by atoms with Gasteiger partial charge in [0, 0.05) is 27.5 Å². The van der Waals surface area contributed by atoms with Crippen molar-refractivity contribution < 1.29 is 4.42 Å². The summed E-state index contributed by atoms with van der Waals surface area (Å²) in [5.41, 5.74) is 20.3. The lowest BCUT2D eigenvalue weighted by Gasteiger charge is -2.34. The summed E-state index contributed by atoms with van der Waals surface area (Å²) in [4.78, 5) is 10.5. The van der Waals surface area contributed by atoms with Crippen LogP contribution in [0, 0.1) is 0 Å². The van der Waals surface area contributed by atoms with Crippen LogP contribution in [-0.4, -0.2) is 9.97 Å². The average Bonchev–Trinajstić information content (AvgIpc) is 3.95. The fraction of sp³-hybridized carbons (Fsp3) is 0.0154. The molecule has 318 valence electrons. The predicted molar refractivity (Wildman–Crippen MR) is 279 cm³/mol. The van der Waals surface area contributed by atoms with Crippen molar-refractivity contribution >= 4 is 21.9 Å². The number of benzene rings is 10. The van der Waals surface area contributed by atoms with Crippen molar-refractivity contribution in [2.45, 2.75) is 5.41 Å². The summed E-state index contributed by atoms with van der Waals surface area (Å²) in [5, 5.41) is 2.19. The molecule has 0 saturated heterocycles. The summed E-state index contributed by atoms with van der Waals surface area (Å²) in [5.74, 6) is 0.680. The molecule has 0 radical (unpaired) electrons. The second-order valence-corrected chi connectivity index (χ2v) is 17.6. The molecule has 0 unspecified atom stereocenters. The third-order valence-corrected chi connectivity index (χ3v) is 13.8. The molecule has 10 aromatic carbocycles. The summed E-state index contributed by atoms with van der Waals surface area (Å²) in [7, 11) is 0. The number of hydrogen-bond acceptors (Lipinski definition) is 3. The molecular formula is C65H42N2O. The van der Waals surface area contributed by atoms with E-state index in [0.717, 1.165) is 77.8 Å². The molecule has 0 bridgehead atoms. The van der Waals surface area contributed by atoms with Gasteiger partial charge in [0.15, 0.2) is 5.82 Å². The normalized spacial score (nSPS) is 12.5. The lowest BCUT2D eigenvalue weighted by molar-refractivity contribution is 0.669. The quantitative estimate of drug-likeness (QED) is 0.153. The van der Waals surface area contributed by atoms with Crippen molar-refractivity contribution in [3.8, 4) is 78.4 Å². The molecular weight excluding hydrogens is 825 g/mol. The van der Waals surface area contributed by atoms with Gasteiger partial charge >= 0.3 is 0 Å². The number of nitrogens with zero attached hydrogens (tertiary/aromatic N) is 2. The van der Waals surface area contributed by atoms with Crippen molar-refractivity contribution in [3.63, 3.8) is 0 Å². The van der Waals surface area contributed by atoms with Gasteiger partial charge in [0.25, 0.3) is 0 Å². The van der Waals surface area contributed by atoms with Crippen molar-refractivity contribution in [1.29, 1.82) is 0 Å². The SMILES string of the molecule is c1ccc(-c2cc(-c3cc(-c4ccc5oc6ccccc6c5c4)cc(-c4ccccc4-c4cccc5c4-c4ccccc4C5(c4ccccc4)c4ccccc4)c3)nc(-c3ccccc3)n2)cc1. The zero-order chi connectivity index (χ0) is 45.0. The Labute approximate surface area is 395 Å². The van der Waals surface area contributed by atoms with Gasteiger partial charge in [-0.25, -0.2) is 9.97 Å². The van der Waals surface area contributed by atoms with Gasteiger partial charge in [-0.3, -0.25) is 0 Å². The molecule has 3 nitrogen and oxygen atoms in total. The zero-order valence-electron chi connectivity index (χ0n) is 37.1. The molecule has 0 saturated carbocycles. The minimum absolute atomic E-state index is 0.512. The van der Waals surface area contributed by atoms with E-state index in [4.69, 9.17) is 14.4 Å². The summed E-state index contributed by atoms with van der Waals surface area (Å²) < 4.78 is 6.32. The molecule has 1 aliphatic rings. The van der Waals surface area contributed by atoms with Crippen molar-refractivity contribution in [3.05, 3.63) is 277 Å². The maximum Gasteiger partial charge on any atom is 0.160 e. The van der Waals surface area contributed by atoms with Crippen LogP contribution >= 0.6 is 0 Å². The van der Waals surface area contributed by atoms with E-state index < -0.39 is 5.41 Å². The Balaban J connectivity index is 1.06. The third-order valence-electron chi connectivity index (χ3n) is 13.8. The molecule has 0 atom stereocenters. The van der Waals surface area contributed by atoms with Crippen molar-refractivity contribution in [2.24, 2.45) is 0 Å². The molecule has 0 spiro atoms. The van der Waals surface area contributed by atoms with Gasteiger partial charge in [0.05, 0.1) is 16.8 Å². The predicted octanol–water partition coefficient (Wildman–Crippen LogP) is 16.7. The molecule has 0 amide bonds. The smallest absolute Gasteiger partial charge is 0.160 e. The van der Waals surface area contributed by atoms with E-state index in [0.29, 0.717) is 5.82 Å². The minimum atomic E-state index is -0.512. The zero-order valence-corrected chi connectivity index (χ0v) is 37.1. The van der Waals surface area contributed by atoms with Gasteiger partial charge in [-0.2, -0.15) is 0 Å². The lowest BCUT2D eigenvalue weighted by atomic mass is 9.67. The monoisotopic (exact) mass is 866 g/mol. The maximum atomic E-state index is 6.32. The van der Waals surface area contributed by atoms with Gasteiger partial charge in [-0.05, 0) is 109 Å².